The van der Waals surface area contributed by atoms with Crippen LogP contribution >= 0.6 is 15.9 Å². The van der Waals surface area contributed by atoms with Gasteiger partial charge in [0.1, 0.15) is 0 Å². The molecule has 5 nitrogen and oxygen atoms in total. The van der Waals surface area contributed by atoms with Crippen molar-refractivity contribution < 1.29 is 4.79 Å². The molecule has 24 heavy (non-hydrogen) atoms. The molecule has 3 rings (SSSR count). The lowest BCUT2D eigenvalue weighted by atomic mass is 9.92. The largest absolute Gasteiger partial charge is 0.326 e. The highest BCUT2D eigenvalue weighted by atomic mass is 79.9. The highest BCUT2D eigenvalue weighted by molar-refractivity contribution is 9.10. The van der Waals surface area contributed by atoms with Gasteiger partial charge in [0.05, 0.1) is 10.7 Å². The average Bonchev–Trinajstić information content (AvgIpc) is 3.00. The standard InChI is InChI=1S/C18H23BrN4O/c1-13-10-15(6-8-20-13)18(24)22-17-4-2-14(3-5-17)7-9-23-12-16(19)11-21-23/h2-5,11-13,15,20H,6-10H2,1H3,(H,22,24)/t13-,15-/m0/s1. The number of carbonyl (C=O) groups excluding carboxylic acids is 1. The summed E-state index contributed by atoms with van der Waals surface area (Å²) in [5.41, 5.74) is 2.10. The molecule has 1 aliphatic heterocycles. The molecule has 1 aromatic heterocycles. The smallest absolute Gasteiger partial charge is 0.227 e. The fraction of sp³-hybridized carbons (Fsp3) is 0.444. The maximum absolute atomic E-state index is 12.4. The third kappa shape index (κ3) is 4.68. The van der Waals surface area contributed by atoms with Crippen LogP contribution < -0.4 is 10.6 Å². The Morgan fingerprint density at radius 3 is 2.88 bits per heavy atom. The highest BCUT2D eigenvalue weighted by Crippen LogP contribution is 2.19. The van der Waals surface area contributed by atoms with Gasteiger partial charge in [-0.05, 0) is 66.4 Å². The molecule has 6 heteroatoms. The van der Waals surface area contributed by atoms with Crippen molar-refractivity contribution in [3.8, 4) is 0 Å². The molecule has 1 aliphatic rings. The molecular formula is C18H23BrN4O. The second-order valence-corrected chi connectivity index (χ2v) is 7.35. The molecule has 0 unspecified atom stereocenters. The molecule has 128 valence electrons. The lowest BCUT2D eigenvalue weighted by Gasteiger charge is -2.27. The van der Waals surface area contributed by atoms with Crippen LogP contribution in [0.2, 0.25) is 0 Å². The average molecular weight is 391 g/mol. The fourth-order valence-electron chi connectivity index (χ4n) is 3.07. The number of aromatic nitrogens is 2. The molecule has 2 heterocycles. The first-order valence-electron chi connectivity index (χ1n) is 8.41. The first-order valence-corrected chi connectivity index (χ1v) is 9.20. The number of anilines is 1. The number of aryl methyl sites for hydroxylation is 2. The second-order valence-electron chi connectivity index (χ2n) is 6.43. The van der Waals surface area contributed by atoms with Crippen molar-refractivity contribution in [3.63, 3.8) is 0 Å². The van der Waals surface area contributed by atoms with Gasteiger partial charge in [0.15, 0.2) is 0 Å². The Morgan fingerprint density at radius 2 is 2.21 bits per heavy atom. The Balaban J connectivity index is 1.51. The summed E-state index contributed by atoms with van der Waals surface area (Å²) in [6.07, 6.45) is 6.49. The van der Waals surface area contributed by atoms with E-state index in [2.05, 4.69) is 50.7 Å². The predicted octanol–water partition coefficient (Wildman–Crippen LogP) is 3.21. The van der Waals surface area contributed by atoms with E-state index in [0.29, 0.717) is 6.04 Å². The van der Waals surface area contributed by atoms with Crippen LogP contribution in [0.15, 0.2) is 41.1 Å². The first-order chi connectivity index (χ1) is 11.6. The monoisotopic (exact) mass is 390 g/mol. The minimum absolute atomic E-state index is 0.110. The molecule has 1 amide bonds. The summed E-state index contributed by atoms with van der Waals surface area (Å²) < 4.78 is 2.91. The number of hydrogen-bond acceptors (Lipinski definition) is 3. The van der Waals surface area contributed by atoms with Gasteiger partial charge in [-0.25, -0.2) is 0 Å². The number of nitrogens with one attached hydrogen (secondary N) is 2. The van der Waals surface area contributed by atoms with E-state index < -0.39 is 0 Å². The number of rotatable bonds is 5. The topological polar surface area (TPSA) is 59.0 Å². The first kappa shape index (κ1) is 17.2. The molecule has 0 bridgehead atoms. The zero-order valence-corrected chi connectivity index (χ0v) is 15.4. The van der Waals surface area contributed by atoms with E-state index in [-0.39, 0.29) is 11.8 Å². The van der Waals surface area contributed by atoms with Gasteiger partial charge in [0, 0.05) is 30.4 Å². The number of amides is 1. The molecule has 2 aromatic rings. The van der Waals surface area contributed by atoms with Crippen LogP contribution in [0.1, 0.15) is 25.3 Å². The lowest BCUT2D eigenvalue weighted by molar-refractivity contribution is -0.120. The van der Waals surface area contributed by atoms with E-state index in [1.165, 1.54) is 5.56 Å². The molecular weight excluding hydrogens is 368 g/mol. The second kappa shape index (κ2) is 7.94. The van der Waals surface area contributed by atoms with Gasteiger partial charge in [-0.15, -0.1) is 0 Å². The molecule has 0 spiro atoms. The Morgan fingerprint density at radius 1 is 1.42 bits per heavy atom. The molecule has 2 atom stereocenters. The van der Waals surface area contributed by atoms with Crippen LogP contribution in [-0.4, -0.2) is 28.3 Å². The number of halogens is 1. The maximum Gasteiger partial charge on any atom is 0.227 e. The Hall–Kier alpha value is -1.66. The van der Waals surface area contributed by atoms with E-state index in [0.717, 1.165) is 42.5 Å². The zero-order chi connectivity index (χ0) is 16.9. The number of carbonyl (C=O) groups is 1. The third-order valence-electron chi connectivity index (χ3n) is 4.45. The summed E-state index contributed by atoms with van der Waals surface area (Å²) >= 11 is 3.40. The van der Waals surface area contributed by atoms with Crippen molar-refractivity contribution >= 4 is 27.5 Å². The molecule has 1 saturated heterocycles. The van der Waals surface area contributed by atoms with Crippen LogP contribution in [0.4, 0.5) is 5.69 Å². The van der Waals surface area contributed by atoms with Gasteiger partial charge < -0.3 is 10.6 Å². The van der Waals surface area contributed by atoms with E-state index >= 15 is 0 Å². The fourth-order valence-corrected chi connectivity index (χ4v) is 3.40. The normalized spacial score (nSPS) is 20.8. The molecule has 0 radical (unpaired) electrons. The van der Waals surface area contributed by atoms with Crippen LogP contribution in [0.25, 0.3) is 0 Å². The van der Waals surface area contributed by atoms with Gasteiger partial charge in [-0.3, -0.25) is 9.48 Å². The number of piperidine rings is 1. The lowest BCUT2D eigenvalue weighted by Crippen LogP contribution is -2.40. The summed E-state index contributed by atoms with van der Waals surface area (Å²) in [6.45, 7) is 3.89. The van der Waals surface area contributed by atoms with Crippen molar-refractivity contribution in [2.24, 2.45) is 5.92 Å². The SMILES string of the molecule is C[C@H]1C[C@@H](C(=O)Nc2ccc(CCn3cc(Br)cn3)cc2)CCN1. The van der Waals surface area contributed by atoms with E-state index in [9.17, 15) is 4.79 Å². The van der Waals surface area contributed by atoms with E-state index in [4.69, 9.17) is 0 Å². The Kier molecular flexibility index (Phi) is 5.68. The van der Waals surface area contributed by atoms with Crippen LogP contribution in [0, 0.1) is 5.92 Å². The summed E-state index contributed by atoms with van der Waals surface area (Å²) in [6, 6.07) is 8.52. The predicted molar refractivity (Wildman–Crippen MR) is 98.9 cm³/mol. The number of hydrogen-bond donors (Lipinski definition) is 2. The summed E-state index contributed by atoms with van der Waals surface area (Å²) in [5.74, 6) is 0.247. The van der Waals surface area contributed by atoms with Gasteiger partial charge >= 0.3 is 0 Å². The van der Waals surface area contributed by atoms with E-state index in [1.54, 1.807) is 6.20 Å². The Labute approximate surface area is 151 Å². The minimum atomic E-state index is 0.110. The summed E-state index contributed by atoms with van der Waals surface area (Å²) in [7, 11) is 0. The van der Waals surface area contributed by atoms with Gasteiger partial charge in [-0.1, -0.05) is 12.1 Å². The van der Waals surface area contributed by atoms with Gasteiger partial charge in [0.2, 0.25) is 5.91 Å². The zero-order valence-electron chi connectivity index (χ0n) is 13.8. The Bertz CT molecular complexity index is 683. The van der Waals surface area contributed by atoms with Gasteiger partial charge in [0.25, 0.3) is 0 Å². The van der Waals surface area contributed by atoms with Crippen LogP contribution in [0.3, 0.4) is 0 Å². The summed E-state index contributed by atoms with van der Waals surface area (Å²) in [5, 5.41) is 10.7. The third-order valence-corrected chi connectivity index (χ3v) is 4.86. The minimum Gasteiger partial charge on any atom is -0.326 e. The molecule has 2 N–H and O–H groups in total. The molecule has 0 aliphatic carbocycles. The molecule has 0 saturated carbocycles. The molecule has 1 aromatic carbocycles. The quantitative estimate of drug-likeness (QED) is 0.823. The van der Waals surface area contributed by atoms with Crippen molar-refractivity contribution in [1.29, 1.82) is 0 Å². The number of benzene rings is 1. The van der Waals surface area contributed by atoms with Crippen molar-refractivity contribution in [3.05, 3.63) is 46.7 Å². The van der Waals surface area contributed by atoms with Gasteiger partial charge in [-0.2, -0.15) is 5.10 Å². The van der Waals surface area contributed by atoms with Crippen LogP contribution in [0.5, 0.6) is 0 Å². The number of nitrogens with zero attached hydrogens (tertiary/aromatic N) is 2. The van der Waals surface area contributed by atoms with Crippen LogP contribution in [-0.2, 0) is 17.8 Å². The highest BCUT2D eigenvalue weighted by Gasteiger charge is 2.24. The van der Waals surface area contributed by atoms with Crippen molar-refractivity contribution in [1.82, 2.24) is 15.1 Å². The van der Waals surface area contributed by atoms with Crippen molar-refractivity contribution in [2.45, 2.75) is 38.8 Å². The van der Waals surface area contributed by atoms with E-state index in [1.807, 2.05) is 23.0 Å². The molecule has 1 fully saturated rings. The maximum atomic E-state index is 12.4. The van der Waals surface area contributed by atoms with Crippen molar-refractivity contribution in [2.75, 3.05) is 11.9 Å². The summed E-state index contributed by atoms with van der Waals surface area (Å²) in [4.78, 5) is 12.4.